The molecule has 0 aliphatic carbocycles. The van der Waals surface area contributed by atoms with Crippen molar-refractivity contribution in [3.63, 3.8) is 0 Å². The number of rotatable bonds is 3. The molecule has 3 aromatic rings. The third kappa shape index (κ3) is 1.88. The Morgan fingerprint density at radius 1 is 1.39 bits per heavy atom. The number of hydrogen-bond donors (Lipinski definition) is 3. The molecule has 0 spiro atoms. The first-order valence-electron chi connectivity index (χ1n) is 5.36. The van der Waals surface area contributed by atoms with Crippen molar-refractivity contribution in [2.24, 2.45) is 0 Å². The molecule has 18 heavy (non-hydrogen) atoms. The lowest BCUT2D eigenvalue weighted by Gasteiger charge is -2.12. The molecular formula is C10H10ClN7. The molecular weight excluding hydrogens is 254 g/mol. The van der Waals surface area contributed by atoms with E-state index in [2.05, 4.69) is 35.5 Å². The summed E-state index contributed by atoms with van der Waals surface area (Å²) in [4.78, 5) is 15.4. The zero-order valence-corrected chi connectivity index (χ0v) is 10.2. The first-order valence-corrected chi connectivity index (χ1v) is 5.74. The Hall–Kier alpha value is -2.15. The lowest BCUT2D eigenvalue weighted by molar-refractivity contribution is 0.805. The van der Waals surface area contributed by atoms with Crippen molar-refractivity contribution in [1.82, 2.24) is 30.1 Å². The van der Waals surface area contributed by atoms with Crippen molar-refractivity contribution in [3.05, 3.63) is 29.7 Å². The monoisotopic (exact) mass is 263 g/mol. The van der Waals surface area contributed by atoms with Crippen LogP contribution in [-0.4, -0.2) is 30.1 Å². The van der Waals surface area contributed by atoms with E-state index in [-0.39, 0.29) is 11.3 Å². The topological polar surface area (TPSA) is 95.2 Å². The lowest BCUT2D eigenvalue weighted by Crippen LogP contribution is -2.10. The van der Waals surface area contributed by atoms with E-state index in [0.29, 0.717) is 11.5 Å². The molecule has 0 radical (unpaired) electrons. The molecule has 0 amide bonds. The SMILES string of the molecule is CC(Nc1nc(Cl)nc2[nH]ncc12)c1ncc[nH]1. The van der Waals surface area contributed by atoms with Gasteiger partial charge in [-0.25, -0.2) is 4.98 Å². The number of fused-ring (bicyclic) bond motifs is 1. The summed E-state index contributed by atoms with van der Waals surface area (Å²) >= 11 is 5.86. The van der Waals surface area contributed by atoms with E-state index in [1.165, 1.54) is 0 Å². The van der Waals surface area contributed by atoms with Gasteiger partial charge in [0, 0.05) is 12.4 Å². The molecule has 0 saturated carbocycles. The summed E-state index contributed by atoms with van der Waals surface area (Å²) in [6, 6.07) is -0.0240. The van der Waals surface area contributed by atoms with Gasteiger partial charge >= 0.3 is 0 Å². The minimum absolute atomic E-state index is 0.0240. The predicted octanol–water partition coefficient (Wildman–Crippen LogP) is 1.90. The first-order chi connectivity index (χ1) is 8.74. The lowest BCUT2D eigenvalue weighted by atomic mass is 10.3. The van der Waals surface area contributed by atoms with E-state index < -0.39 is 0 Å². The molecule has 0 bridgehead atoms. The average Bonchev–Trinajstić information content (AvgIpc) is 2.98. The molecule has 8 heteroatoms. The highest BCUT2D eigenvalue weighted by molar-refractivity contribution is 6.28. The van der Waals surface area contributed by atoms with Crippen molar-refractivity contribution in [2.75, 3.05) is 5.32 Å². The van der Waals surface area contributed by atoms with E-state index in [1.807, 2.05) is 6.92 Å². The Kier molecular flexibility index (Phi) is 2.60. The zero-order chi connectivity index (χ0) is 12.5. The van der Waals surface area contributed by atoms with Crippen LogP contribution in [0.2, 0.25) is 5.28 Å². The van der Waals surface area contributed by atoms with Gasteiger partial charge in [-0.3, -0.25) is 5.10 Å². The van der Waals surface area contributed by atoms with Gasteiger partial charge in [0.2, 0.25) is 5.28 Å². The van der Waals surface area contributed by atoms with Crippen LogP contribution in [0.5, 0.6) is 0 Å². The highest BCUT2D eigenvalue weighted by atomic mass is 35.5. The van der Waals surface area contributed by atoms with Crippen LogP contribution in [0.15, 0.2) is 18.6 Å². The van der Waals surface area contributed by atoms with E-state index in [4.69, 9.17) is 11.6 Å². The number of aromatic nitrogens is 6. The largest absolute Gasteiger partial charge is 0.360 e. The number of H-pyrrole nitrogens is 2. The smallest absolute Gasteiger partial charge is 0.226 e. The first kappa shape index (κ1) is 11.0. The Morgan fingerprint density at radius 2 is 2.28 bits per heavy atom. The Bertz CT molecular complexity index is 660. The summed E-state index contributed by atoms with van der Waals surface area (Å²) in [5.74, 6) is 1.45. The molecule has 0 saturated heterocycles. The van der Waals surface area contributed by atoms with Crippen LogP contribution in [0.4, 0.5) is 5.82 Å². The van der Waals surface area contributed by atoms with Crippen LogP contribution >= 0.6 is 11.6 Å². The highest BCUT2D eigenvalue weighted by Gasteiger charge is 2.13. The van der Waals surface area contributed by atoms with Gasteiger partial charge in [0.25, 0.3) is 0 Å². The van der Waals surface area contributed by atoms with Gasteiger partial charge in [0.1, 0.15) is 11.6 Å². The summed E-state index contributed by atoms with van der Waals surface area (Å²) in [6.45, 7) is 1.97. The number of halogens is 1. The summed E-state index contributed by atoms with van der Waals surface area (Å²) < 4.78 is 0. The minimum Gasteiger partial charge on any atom is -0.360 e. The number of hydrogen-bond acceptors (Lipinski definition) is 5. The number of nitrogens with zero attached hydrogens (tertiary/aromatic N) is 4. The van der Waals surface area contributed by atoms with Gasteiger partial charge in [0.05, 0.1) is 17.6 Å². The van der Waals surface area contributed by atoms with Crippen molar-refractivity contribution < 1.29 is 0 Å². The van der Waals surface area contributed by atoms with Gasteiger partial charge in [-0.1, -0.05) is 0 Å². The second-order valence-electron chi connectivity index (χ2n) is 3.81. The standard InChI is InChI=1S/C10H10ClN7/c1-5(7-12-2-3-13-7)15-8-6-4-14-18-9(6)17-10(11)16-8/h2-5H,1H3,(H,12,13)(H2,14,15,16,17,18). The third-order valence-corrected chi connectivity index (χ3v) is 2.73. The number of aromatic amines is 2. The Labute approximate surface area is 107 Å². The van der Waals surface area contributed by atoms with Crippen molar-refractivity contribution in [1.29, 1.82) is 0 Å². The van der Waals surface area contributed by atoms with Crippen LogP contribution in [0.1, 0.15) is 18.8 Å². The highest BCUT2D eigenvalue weighted by Crippen LogP contribution is 2.23. The number of imidazole rings is 1. The molecule has 3 rings (SSSR count). The van der Waals surface area contributed by atoms with E-state index >= 15 is 0 Å². The zero-order valence-electron chi connectivity index (χ0n) is 9.48. The van der Waals surface area contributed by atoms with E-state index in [1.54, 1.807) is 18.6 Å². The molecule has 0 fully saturated rings. The number of anilines is 1. The van der Waals surface area contributed by atoms with E-state index in [9.17, 15) is 0 Å². The van der Waals surface area contributed by atoms with Crippen LogP contribution < -0.4 is 5.32 Å². The predicted molar refractivity (Wildman–Crippen MR) is 67.3 cm³/mol. The van der Waals surface area contributed by atoms with Gasteiger partial charge in [-0.2, -0.15) is 15.1 Å². The van der Waals surface area contributed by atoms with Crippen LogP contribution in [0.3, 0.4) is 0 Å². The quantitative estimate of drug-likeness (QED) is 0.627. The Morgan fingerprint density at radius 3 is 3.06 bits per heavy atom. The molecule has 92 valence electrons. The average molecular weight is 264 g/mol. The van der Waals surface area contributed by atoms with Gasteiger partial charge in [0.15, 0.2) is 5.65 Å². The fourth-order valence-electron chi connectivity index (χ4n) is 1.71. The summed E-state index contributed by atoms with van der Waals surface area (Å²) in [5.41, 5.74) is 0.601. The maximum absolute atomic E-state index is 5.86. The van der Waals surface area contributed by atoms with Gasteiger partial charge in [-0.05, 0) is 18.5 Å². The van der Waals surface area contributed by atoms with Gasteiger partial charge in [-0.15, -0.1) is 0 Å². The second kappa shape index (κ2) is 4.26. The molecule has 1 unspecified atom stereocenters. The minimum atomic E-state index is -0.0240. The van der Waals surface area contributed by atoms with Crippen molar-refractivity contribution in [2.45, 2.75) is 13.0 Å². The molecule has 0 aliphatic rings. The second-order valence-corrected chi connectivity index (χ2v) is 4.15. The normalized spacial score (nSPS) is 12.8. The Balaban J connectivity index is 1.97. The third-order valence-electron chi connectivity index (χ3n) is 2.57. The summed E-state index contributed by atoms with van der Waals surface area (Å²) in [5, 5.41) is 10.9. The molecule has 3 N–H and O–H groups in total. The molecule has 3 heterocycles. The van der Waals surface area contributed by atoms with Crippen LogP contribution in [0, 0.1) is 0 Å². The summed E-state index contributed by atoms with van der Waals surface area (Å²) in [7, 11) is 0. The van der Waals surface area contributed by atoms with Crippen LogP contribution in [-0.2, 0) is 0 Å². The number of nitrogens with one attached hydrogen (secondary N) is 3. The maximum Gasteiger partial charge on any atom is 0.226 e. The summed E-state index contributed by atoms with van der Waals surface area (Å²) in [6.07, 6.45) is 5.13. The van der Waals surface area contributed by atoms with E-state index in [0.717, 1.165) is 11.2 Å². The van der Waals surface area contributed by atoms with Crippen LogP contribution in [0.25, 0.3) is 11.0 Å². The maximum atomic E-state index is 5.86. The molecule has 0 aromatic carbocycles. The molecule has 3 aromatic heterocycles. The molecule has 7 nitrogen and oxygen atoms in total. The van der Waals surface area contributed by atoms with Crippen molar-refractivity contribution in [3.8, 4) is 0 Å². The van der Waals surface area contributed by atoms with Gasteiger partial charge < -0.3 is 10.3 Å². The molecule has 0 aliphatic heterocycles. The molecule has 1 atom stereocenters. The fourth-order valence-corrected chi connectivity index (χ4v) is 1.87. The van der Waals surface area contributed by atoms with Crippen molar-refractivity contribution >= 4 is 28.5 Å². The fraction of sp³-hybridized carbons (Fsp3) is 0.200.